The van der Waals surface area contributed by atoms with Gasteiger partial charge in [-0.2, -0.15) is 0 Å². The summed E-state index contributed by atoms with van der Waals surface area (Å²) in [6, 6.07) is 8.18. The van der Waals surface area contributed by atoms with Gasteiger partial charge in [0.15, 0.2) is 0 Å². The quantitative estimate of drug-likeness (QED) is 0.421. The van der Waals surface area contributed by atoms with Crippen molar-refractivity contribution in [3.8, 4) is 0 Å². The summed E-state index contributed by atoms with van der Waals surface area (Å²) in [5.74, 6) is -0.276. The van der Waals surface area contributed by atoms with E-state index in [0.29, 0.717) is 18.6 Å². The zero-order chi connectivity index (χ0) is 30.6. The molecule has 0 saturated heterocycles. The molecule has 0 amide bonds. The first-order valence-corrected chi connectivity index (χ1v) is 15.3. The standard InChI is InChI=1S/C34H60N4O2/c1-14-40-29(39)26-17-15-25(16-18-26)23-27-34(31(5,6)7,32(8,9)10)38(33(11,12)13)28(30(2,3)4)24-36-20-19-35-21-22-37-27/h15-18,28,35-36H,14,19-24H2,1-13H3/t28-/m1/s1. The van der Waals surface area contributed by atoms with Crippen LogP contribution in [0.15, 0.2) is 29.3 Å². The molecule has 0 spiro atoms. The molecule has 1 aliphatic rings. The number of aliphatic imine (C=N–C) groups is 1. The molecule has 0 radical (unpaired) electrons. The smallest absolute Gasteiger partial charge is 0.338 e. The molecule has 1 aliphatic heterocycles. The Hall–Kier alpha value is -1.76. The molecule has 6 nitrogen and oxygen atoms in total. The Kier molecular flexibility index (Phi) is 11.2. The van der Waals surface area contributed by atoms with Gasteiger partial charge in [-0.3, -0.25) is 9.89 Å². The Morgan fingerprint density at radius 1 is 0.900 bits per heavy atom. The highest BCUT2D eigenvalue weighted by atomic mass is 16.5. The van der Waals surface area contributed by atoms with Gasteiger partial charge in [-0.1, -0.05) is 74.4 Å². The first-order valence-electron chi connectivity index (χ1n) is 15.3. The SMILES string of the molecule is CCOC(=O)c1ccc(CC2=NCCNCCNC[C@H](C(C)(C)C)N(C(C)(C)C)C2(C(C)(C)C)C(C)(C)C)cc1. The molecule has 0 bridgehead atoms. The van der Waals surface area contributed by atoms with Gasteiger partial charge in [-0.05, 0) is 61.6 Å². The van der Waals surface area contributed by atoms with Crippen LogP contribution in [0.5, 0.6) is 0 Å². The first-order chi connectivity index (χ1) is 18.3. The van der Waals surface area contributed by atoms with Crippen LogP contribution in [0.4, 0.5) is 0 Å². The largest absolute Gasteiger partial charge is 0.462 e. The fraction of sp³-hybridized carbons (Fsp3) is 0.765. The fourth-order valence-electron chi connectivity index (χ4n) is 7.12. The third-order valence-electron chi connectivity index (χ3n) is 8.23. The molecule has 0 fully saturated rings. The van der Waals surface area contributed by atoms with Crippen molar-refractivity contribution in [1.82, 2.24) is 15.5 Å². The lowest BCUT2D eigenvalue weighted by molar-refractivity contribution is -0.128. The molecule has 6 heteroatoms. The Morgan fingerprint density at radius 3 is 1.93 bits per heavy atom. The Labute approximate surface area is 246 Å². The van der Waals surface area contributed by atoms with E-state index in [-0.39, 0.29) is 33.8 Å². The second kappa shape index (κ2) is 13.0. The number of carbonyl (C=O) groups excluding carboxylic acids is 1. The predicted molar refractivity (Wildman–Crippen MR) is 171 cm³/mol. The summed E-state index contributed by atoms with van der Waals surface area (Å²) in [5, 5.41) is 7.39. The summed E-state index contributed by atoms with van der Waals surface area (Å²) in [6.45, 7) is 35.2. The lowest BCUT2D eigenvalue weighted by Crippen LogP contribution is -2.77. The zero-order valence-corrected chi connectivity index (χ0v) is 28.0. The van der Waals surface area contributed by atoms with Gasteiger partial charge in [-0.25, -0.2) is 4.79 Å². The second-order valence-electron chi connectivity index (χ2n) is 15.5. The lowest BCUT2D eigenvalue weighted by Gasteiger charge is -2.67. The number of nitrogens with zero attached hydrogens (tertiary/aromatic N) is 2. The second-order valence-corrected chi connectivity index (χ2v) is 15.5. The maximum atomic E-state index is 12.3. The van der Waals surface area contributed by atoms with E-state index >= 15 is 0 Å². The van der Waals surface area contributed by atoms with Gasteiger partial charge in [0.2, 0.25) is 0 Å². The topological polar surface area (TPSA) is 66.0 Å². The summed E-state index contributed by atoms with van der Waals surface area (Å²) in [6.07, 6.45) is 0.717. The molecule has 0 saturated carbocycles. The number of benzene rings is 1. The van der Waals surface area contributed by atoms with Crippen molar-refractivity contribution < 1.29 is 9.53 Å². The van der Waals surface area contributed by atoms with Crippen LogP contribution < -0.4 is 10.6 Å². The Balaban J connectivity index is 2.91. The number of rotatable bonds is 4. The van der Waals surface area contributed by atoms with Crippen LogP contribution in [0.2, 0.25) is 0 Å². The van der Waals surface area contributed by atoms with Gasteiger partial charge in [-0.15, -0.1) is 0 Å². The Morgan fingerprint density at radius 2 is 1.45 bits per heavy atom. The van der Waals surface area contributed by atoms with E-state index in [1.54, 1.807) is 0 Å². The van der Waals surface area contributed by atoms with Crippen LogP contribution in [0.25, 0.3) is 0 Å². The highest BCUT2D eigenvalue weighted by Crippen LogP contribution is 2.54. The fourth-order valence-corrected chi connectivity index (χ4v) is 7.12. The summed E-state index contributed by atoms with van der Waals surface area (Å²) < 4.78 is 5.23. The highest BCUT2D eigenvalue weighted by Gasteiger charge is 2.62. The maximum Gasteiger partial charge on any atom is 0.338 e. The number of ether oxygens (including phenoxy) is 1. The maximum absolute atomic E-state index is 12.3. The molecule has 1 atom stereocenters. The van der Waals surface area contributed by atoms with E-state index in [1.807, 2.05) is 19.1 Å². The average molecular weight is 557 g/mol. The summed E-state index contributed by atoms with van der Waals surface area (Å²) in [4.78, 5) is 20.7. The van der Waals surface area contributed by atoms with E-state index in [1.165, 1.54) is 5.71 Å². The first kappa shape index (κ1) is 34.4. The van der Waals surface area contributed by atoms with Gasteiger partial charge in [0.05, 0.1) is 24.3 Å². The number of hydrogen-bond donors (Lipinski definition) is 2. The summed E-state index contributed by atoms with van der Waals surface area (Å²) in [7, 11) is 0. The summed E-state index contributed by atoms with van der Waals surface area (Å²) >= 11 is 0. The van der Waals surface area contributed by atoms with Crippen LogP contribution >= 0.6 is 0 Å². The Bertz CT molecular complexity index is 971. The van der Waals surface area contributed by atoms with Crippen molar-refractivity contribution in [2.75, 3.05) is 39.3 Å². The normalized spacial score (nSPS) is 20.7. The molecule has 1 aromatic rings. The van der Waals surface area contributed by atoms with Crippen molar-refractivity contribution in [1.29, 1.82) is 0 Å². The minimum absolute atomic E-state index is 0.0198. The van der Waals surface area contributed by atoms with Crippen LogP contribution in [0, 0.1) is 16.2 Å². The molecular weight excluding hydrogens is 496 g/mol. The van der Waals surface area contributed by atoms with Crippen molar-refractivity contribution in [2.45, 2.75) is 114 Å². The van der Waals surface area contributed by atoms with Gasteiger partial charge in [0, 0.05) is 49.9 Å². The van der Waals surface area contributed by atoms with Crippen molar-refractivity contribution >= 4 is 11.7 Å². The minimum atomic E-state index is -0.392. The molecule has 0 aromatic heterocycles. The monoisotopic (exact) mass is 556 g/mol. The number of hydrogen-bond acceptors (Lipinski definition) is 6. The van der Waals surface area contributed by atoms with E-state index in [0.717, 1.165) is 38.3 Å². The number of nitrogens with one attached hydrogen (secondary N) is 2. The molecule has 2 rings (SSSR count). The van der Waals surface area contributed by atoms with E-state index in [4.69, 9.17) is 9.73 Å². The van der Waals surface area contributed by atoms with Gasteiger partial charge < -0.3 is 15.4 Å². The molecule has 1 aromatic carbocycles. The van der Waals surface area contributed by atoms with Crippen LogP contribution in [0.3, 0.4) is 0 Å². The lowest BCUT2D eigenvalue weighted by atomic mass is 9.54. The van der Waals surface area contributed by atoms with Gasteiger partial charge in [0.1, 0.15) is 0 Å². The number of carbonyl (C=O) groups is 1. The average Bonchev–Trinajstić information content (AvgIpc) is 2.78. The van der Waals surface area contributed by atoms with Crippen LogP contribution in [-0.2, 0) is 11.2 Å². The van der Waals surface area contributed by atoms with Crippen LogP contribution in [0.1, 0.15) is 106 Å². The van der Waals surface area contributed by atoms with Crippen molar-refractivity contribution in [3.05, 3.63) is 35.4 Å². The molecule has 0 aliphatic carbocycles. The van der Waals surface area contributed by atoms with Crippen molar-refractivity contribution in [3.63, 3.8) is 0 Å². The molecule has 40 heavy (non-hydrogen) atoms. The van der Waals surface area contributed by atoms with Crippen molar-refractivity contribution in [2.24, 2.45) is 21.2 Å². The van der Waals surface area contributed by atoms with E-state index < -0.39 is 5.54 Å². The molecule has 1 heterocycles. The van der Waals surface area contributed by atoms with Crippen LogP contribution in [-0.4, -0.2) is 73.0 Å². The molecule has 2 N–H and O–H groups in total. The van der Waals surface area contributed by atoms with E-state index in [2.05, 4.69) is 111 Å². The van der Waals surface area contributed by atoms with E-state index in [9.17, 15) is 4.79 Å². The highest BCUT2D eigenvalue weighted by molar-refractivity contribution is 5.97. The molecule has 228 valence electrons. The van der Waals surface area contributed by atoms with Gasteiger partial charge >= 0.3 is 5.97 Å². The molecular formula is C34H60N4O2. The zero-order valence-electron chi connectivity index (χ0n) is 28.0. The predicted octanol–water partition coefficient (Wildman–Crippen LogP) is 6.39. The van der Waals surface area contributed by atoms with Gasteiger partial charge in [0.25, 0.3) is 0 Å². The number of esters is 1. The third kappa shape index (κ3) is 7.74. The molecule has 0 unspecified atom stereocenters. The third-order valence-corrected chi connectivity index (χ3v) is 8.23. The summed E-state index contributed by atoms with van der Waals surface area (Å²) in [5.41, 5.74) is 2.14. The minimum Gasteiger partial charge on any atom is -0.462 e.